The number of hydrogen-bond acceptors (Lipinski definition) is 4. The first-order valence-corrected chi connectivity index (χ1v) is 13.1. The van der Waals surface area contributed by atoms with E-state index in [9.17, 15) is 13.2 Å². The van der Waals surface area contributed by atoms with Crippen molar-refractivity contribution < 1.29 is 23.1 Å². The average molecular weight is 428 g/mol. The predicted octanol–water partition coefficient (Wildman–Crippen LogP) is 3.87. The minimum Gasteiger partial charge on any atom is -0.481 e. The topological polar surface area (TPSA) is 92.7 Å². The van der Waals surface area contributed by atoms with Gasteiger partial charge in [0.25, 0.3) is 0 Å². The zero-order valence-electron chi connectivity index (χ0n) is 17.4. The summed E-state index contributed by atoms with van der Waals surface area (Å²) in [5.41, 5.74) is 0. The van der Waals surface area contributed by atoms with Gasteiger partial charge in [-0.1, -0.05) is 37.8 Å². The van der Waals surface area contributed by atoms with E-state index in [2.05, 4.69) is 16.9 Å². The van der Waals surface area contributed by atoms with Gasteiger partial charge in [0.1, 0.15) is 0 Å². The van der Waals surface area contributed by atoms with E-state index in [1.165, 1.54) is 12.8 Å². The highest BCUT2D eigenvalue weighted by Gasteiger charge is 2.48. The number of nitrogens with one attached hydrogen (secondary N) is 1. The number of carbonyl (C=O) groups is 1. The molecule has 0 amide bonds. The molecule has 2 heterocycles. The first-order chi connectivity index (χ1) is 13.9. The Morgan fingerprint density at radius 2 is 1.69 bits per heavy atom. The molecule has 29 heavy (non-hydrogen) atoms. The maximum atomic E-state index is 12.7. The van der Waals surface area contributed by atoms with E-state index in [1.807, 2.05) is 0 Å². The van der Waals surface area contributed by atoms with Crippen molar-refractivity contribution in [3.63, 3.8) is 0 Å². The molecule has 0 aromatic carbocycles. The quantitative estimate of drug-likeness (QED) is 0.297. The largest absolute Gasteiger partial charge is 0.481 e. The molecule has 2 bridgehead atoms. The molecule has 166 valence electrons. The molecular formula is C22H37NO5S. The summed E-state index contributed by atoms with van der Waals surface area (Å²) in [5.74, 6) is 0.404. The number of hydrogen-bond donors (Lipinski definition) is 2. The summed E-state index contributed by atoms with van der Waals surface area (Å²) < 4.78 is 34.3. The Hall–Kier alpha value is -0.920. The molecule has 0 spiro atoms. The molecule has 2 aliphatic heterocycles. The van der Waals surface area contributed by atoms with Gasteiger partial charge in [-0.2, -0.15) is 0 Å². The van der Waals surface area contributed by atoms with E-state index in [0.29, 0.717) is 24.8 Å². The van der Waals surface area contributed by atoms with E-state index in [1.54, 1.807) is 0 Å². The van der Waals surface area contributed by atoms with Gasteiger partial charge in [0, 0.05) is 18.9 Å². The second kappa shape index (κ2) is 10.9. The number of carboxylic acid groups (broad SMARTS) is 1. The minimum atomic E-state index is -3.24. The van der Waals surface area contributed by atoms with Gasteiger partial charge in [-0.25, -0.2) is 13.1 Å². The zero-order valence-corrected chi connectivity index (χ0v) is 18.2. The Kier molecular flexibility index (Phi) is 8.57. The summed E-state index contributed by atoms with van der Waals surface area (Å²) in [6.45, 7) is 0.480. The standard InChI is InChI=1S/C22H37NO5S/c24-22(25)12-8-4-3-7-11-18-19(21-14-13-20(18)28-21)15-23-29(26,27)16-17-9-5-1-2-6-10-17/h3,7,17-21,23H,1-2,4-6,8-16H2,(H,24,25)/b7-3-/t18-,19+,20-,21+/m1/s1. The molecule has 2 saturated heterocycles. The Balaban J connectivity index is 1.46. The highest BCUT2D eigenvalue weighted by atomic mass is 32.2. The van der Waals surface area contributed by atoms with Crippen LogP contribution in [-0.4, -0.2) is 44.0 Å². The number of ether oxygens (including phenoxy) is 1. The van der Waals surface area contributed by atoms with Crippen LogP contribution in [0, 0.1) is 17.8 Å². The number of allylic oxidation sites excluding steroid dienone is 2. The van der Waals surface area contributed by atoms with Crippen LogP contribution in [0.5, 0.6) is 0 Å². The highest BCUT2D eigenvalue weighted by molar-refractivity contribution is 7.89. The minimum absolute atomic E-state index is 0.172. The van der Waals surface area contributed by atoms with Crippen LogP contribution in [0.15, 0.2) is 12.2 Å². The van der Waals surface area contributed by atoms with Gasteiger partial charge >= 0.3 is 5.97 Å². The summed E-state index contributed by atoms with van der Waals surface area (Å²) in [5, 5.41) is 8.69. The van der Waals surface area contributed by atoms with Gasteiger partial charge in [-0.05, 0) is 56.8 Å². The molecule has 0 aromatic heterocycles. The predicted molar refractivity (Wildman–Crippen MR) is 113 cm³/mol. The molecule has 3 aliphatic rings. The van der Waals surface area contributed by atoms with Crippen molar-refractivity contribution >= 4 is 16.0 Å². The summed E-state index contributed by atoms with van der Waals surface area (Å²) in [4.78, 5) is 10.6. The third-order valence-corrected chi connectivity index (χ3v) is 8.41. The van der Waals surface area contributed by atoms with E-state index >= 15 is 0 Å². The Labute approximate surface area is 175 Å². The number of unbranched alkanes of at least 4 members (excludes halogenated alkanes) is 1. The van der Waals surface area contributed by atoms with Gasteiger partial charge in [0.15, 0.2) is 0 Å². The Morgan fingerprint density at radius 1 is 1.00 bits per heavy atom. The first kappa shape index (κ1) is 22.8. The van der Waals surface area contributed by atoms with Crippen molar-refractivity contribution in [1.82, 2.24) is 4.72 Å². The Bertz CT molecular complexity index is 654. The second-order valence-electron chi connectivity index (χ2n) is 9.10. The van der Waals surface area contributed by atoms with Crippen molar-refractivity contribution in [2.75, 3.05) is 12.3 Å². The third kappa shape index (κ3) is 7.07. The number of aliphatic carboxylic acids is 1. The molecule has 0 radical (unpaired) electrons. The number of fused-ring (bicyclic) bond motifs is 2. The fraction of sp³-hybridized carbons (Fsp3) is 0.864. The molecule has 4 atom stereocenters. The fourth-order valence-electron chi connectivity index (χ4n) is 5.35. The molecular weight excluding hydrogens is 390 g/mol. The van der Waals surface area contributed by atoms with Crippen LogP contribution < -0.4 is 4.72 Å². The van der Waals surface area contributed by atoms with Crippen molar-refractivity contribution in [3.8, 4) is 0 Å². The lowest BCUT2D eigenvalue weighted by Crippen LogP contribution is -2.39. The van der Waals surface area contributed by atoms with Crippen LogP contribution in [0.4, 0.5) is 0 Å². The maximum absolute atomic E-state index is 12.7. The fourth-order valence-corrected chi connectivity index (χ4v) is 6.86. The monoisotopic (exact) mass is 427 g/mol. The van der Waals surface area contributed by atoms with Gasteiger partial charge in [0.05, 0.1) is 18.0 Å². The molecule has 0 unspecified atom stereocenters. The number of rotatable bonds is 11. The van der Waals surface area contributed by atoms with E-state index in [4.69, 9.17) is 9.84 Å². The summed E-state index contributed by atoms with van der Waals surface area (Å²) >= 11 is 0. The number of carboxylic acids is 1. The van der Waals surface area contributed by atoms with Crippen LogP contribution in [0.25, 0.3) is 0 Å². The molecule has 1 aliphatic carbocycles. The smallest absolute Gasteiger partial charge is 0.303 e. The van der Waals surface area contributed by atoms with E-state index < -0.39 is 16.0 Å². The summed E-state index contributed by atoms with van der Waals surface area (Å²) in [7, 11) is -3.24. The SMILES string of the molecule is O=C(O)CCC/C=C\C[C@@H]1[C@H](CNS(=O)(=O)CC2CCCCCC2)[C@@H]2CC[C@H]1O2. The number of sulfonamides is 1. The van der Waals surface area contributed by atoms with Gasteiger partial charge in [-0.15, -0.1) is 0 Å². The third-order valence-electron chi connectivity index (χ3n) is 6.90. The van der Waals surface area contributed by atoms with E-state index in [-0.39, 0.29) is 30.3 Å². The lowest BCUT2D eigenvalue weighted by atomic mass is 9.77. The summed E-state index contributed by atoms with van der Waals surface area (Å²) in [6, 6.07) is 0. The van der Waals surface area contributed by atoms with Crippen molar-refractivity contribution in [3.05, 3.63) is 12.2 Å². The Morgan fingerprint density at radius 3 is 2.38 bits per heavy atom. The zero-order chi connectivity index (χ0) is 20.7. The van der Waals surface area contributed by atoms with Crippen LogP contribution in [-0.2, 0) is 19.6 Å². The van der Waals surface area contributed by atoms with Gasteiger partial charge in [-0.3, -0.25) is 4.79 Å². The average Bonchev–Trinajstić information content (AvgIpc) is 3.17. The van der Waals surface area contributed by atoms with Crippen LogP contribution in [0.2, 0.25) is 0 Å². The maximum Gasteiger partial charge on any atom is 0.303 e. The van der Waals surface area contributed by atoms with Crippen molar-refractivity contribution in [1.29, 1.82) is 0 Å². The van der Waals surface area contributed by atoms with Crippen LogP contribution >= 0.6 is 0 Å². The van der Waals surface area contributed by atoms with Gasteiger partial charge < -0.3 is 9.84 Å². The molecule has 2 N–H and O–H groups in total. The molecule has 6 nitrogen and oxygen atoms in total. The molecule has 1 saturated carbocycles. The van der Waals surface area contributed by atoms with Crippen LogP contribution in [0.1, 0.15) is 77.0 Å². The normalized spacial score (nSPS) is 30.8. The van der Waals surface area contributed by atoms with E-state index in [0.717, 1.165) is 51.4 Å². The molecule has 0 aromatic rings. The van der Waals surface area contributed by atoms with Gasteiger partial charge in [0.2, 0.25) is 10.0 Å². The lowest BCUT2D eigenvalue weighted by Gasteiger charge is -2.27. The second-order valence-corrected chi connectivity index (χ2v) is 11.0. The summed E-state index contributed by atoms with van der Waals surface area (Å²) in [6.07, 6.45) is 16.0. The van der Waals surface area contributed by atoms with Crippen LogP contribution in [0.3, 0.4) is 0 Å². The molecule has 3 rings (SSSR count). The highest BCUT2D eigenvalue weighted by Crippen LogP contribution is 2.45. The first-order valence-electron chi connectivity index (χ1n) is 11.4. The lowest BCUT2D eigenvalue weighted by molar-refractivity contribution is -0.137. The molecule has 3 fully saturated rings. The van der Waals surface area contributed by atoms with Crippen molar-refractivity contribution in [2.24, 2.45) is 17.8 Å². The molecule has 7 heteroatoms. The van der Waals surface area contributed by atoms with Crippen molar-refractivity contribution in [2.45, 2.75) is 89.3 Å².